The van der Waals surface area contributed by atoms with Crippen molar-refractivity contribution < 1.29 is 9.18 Å². The highest BCUT2D eigenvalue weighted by Crippen LogP contribution is 2.41. The Hall–Kier alpha value is -1.56. The fourth-order valence-electron chi connectivity index (χ4n) is 3.11. The van der Waals surface area contributed by atoms with Gasteiger partial charge in [0.05, 0.1) is 22.3 Å². The minimum absolute atomic E-state index is 0.123. The molecule has 0 atom stereocenters. The van der Waals surface area contributed by atoms with Crippen LogP contribution in [0.25, 0.3) is 0 Å². The van der Waals surface area contributed by atoms with Crippen LogP contribution in [0.3, 0.4) is 0 Å². The van der Waals surface area contributed by atoms with E-state index in [9.17, 15) is 9.18 Å². The number of nitrogens with one attached hydrogen (secondary N) is 1. The Labute approximate surface area is 121 Å². The first-order valence-electron chi connectivity index (χ1n) is 6.66. The van der Waals surface area contributed by atoms with E-state index >= 15 is 0 Å². The van der Waals surface area contributed by atoms with Gasteiger partial charge in [0.25, 0.3) is 0 Å². The molecule has 0 radical (unpaired) electrons. The molecular formula is C13H16ClFN4O. The Bertz CT molecular complexity index is 558. The van der Waals surface area contributed by atoms with Crippen LogP contribution in [0.1, 0.15) is 19.3 Å². The first-order chi connectivity index (χ1) is 9.53. The highest BCUT2D eigenvalue weighted by molar-refractivity contribution is 6.33. The van der Waals surface area contributed by atoms with Gasteiger partial charge in [-0.15, -0.1) is 0 Å². The zero-order valence-corrected chi connectivity index (χ0v) is 11.7. The largest absolute Gasteiger partial charge is 0.381 e. The molecule has 3 rings (SSSR count). The van der Waals surface area contributed by atoms with Gasteiger partial charge in [-0.1, -0.05) is 11.6 Å². The van der Waals surface area contributed by atoms with Crippen molar-refractivity contribution in [1.82, 2.24) is 10.3 Å². The third kappa shape index (κ3) is 1.98. The van der Waals surface area contributed by atoms with Crippen LogP contribution in [0.2, 0.25) is 5.02 Å². The molecule has 0 unspecified atom stereocenters. The number of anilines is 2. The number of halogens is 2. The molecule has 1 aromatic rings. The first kappa shape index (κ1) is 13.4. The van der Waals surface area contributed by atoms with Gasteiger partial charge in [0, 0.05) is 19.6 Å². The van der Waals surface area contributed by atoms with Crippen molar-refractivity contribution in [2.24, 2.45) is 5.41 Å². The molecule has 1 amide bonds. The Morgan fingerprint density at radius 1 is 1.40 bits per heavy atom. The second-order valence-electron chi connectivity index (χ2n) is 5.43. The fourth-order valence-corrected chi connectivity index (χ4v) is 3.36. The van der Waals surface area contributed by atoms with Gasteiger partial charge in [0.1, 0.15) is 0 Å². The van der Waals surface area contributed by atoms with Gasteiger partial charge in [-0.25, -0.2) is 9.37 Å². The number of rotatable bonds is 1. The molecule has 20 heavy (non-hydrogen) atoms. The SMILES string of the molecule is Nc1ncc(Cl)c(N2CCC3(CCNC3=O)CC2)c1F. The average Bonchev–Trinajstić information content (AvgIpc) is 2.78. The molecule has 3 N–H and O–H groups in total. The summed E-state index contributed by atoms with van der Waals surface area (Å²) in [4.78, 5) is 17.5. The number of pyridine rings is 1. The molecule has 5 nitrogen and oxygen atoms in total. The minimum Gasteiger partial charge on any atom is -0.381 e. The third-order valence-electron chi connectivity index (χ3n) is 4.38. The predicted molar refractivity (Wildman–Crippen MR) is 75.1 cm³/mol. The molecule has 0 aromatic carbocycles. The fraction of sp³-hybridized carbons (Fsp3) is 0.538. The topological polar surface area (TPSA) is 71.2 Å². The van der Waals surface area contributed by atoms with Crippen LogP contribution in [0.5, 0.6) is 0 Å². The maximum absolute atomic E-state index is 14.1. The molecule has 3 heterocycles. The lowest BCUT2D eigenvalue weighted by molar-refractivity contribution is -0.128. The summed E-state index contributed by atoms with van der Waals surface area (Å²) >= 11 is 6.04. The molecule has 108 valence electrons. The van der Waals surface area contributed by atoms with Gasteiger partial charge < -0.3 is 16.0 Å². The maximum atomic E-state index is 14.1. The maximum Gasteiger partial charge on any atom is 0.226 e. The molecular weight excluding hydrogens is 283 g/mol. The van der Waals surface area contributed by atoms with E-state index in [2.05, 4.69) is 10.3 Å². The summed E-state index contributed by atoms with van der Waals surface area (Å²) in [5.41, 5.74) is 5.52. The number of nitrogens with zero attached hydrogens (tertiary/aromatic N) is 2. The Morgan fingerprint density at radius 2 is 2.10 bits per heavy atom. The zero-order chi connectivity index (χ0) is 14.3. The monoisotopic (exact) mass is 298 g/mol. The standard InChI is InChI=1S/C13H16ClFN4O/c14-8-7-18-11(16)9(15)10(8)19-5-2-13(3-6-19)1-4-17-12(13)20/h7H,1-6H2,(H2,16,18)(H,17,20). The Kier molecular flexibility index (Phi) is 3.20. The quantitative estimate of drug-likeness (QED) is 0.825. The highest BCUT2D eigenvalue weighted by atomic mass is 35.5. The van der Waals surface area contributed by atoms with E-state index < -0.39 is 5.82 Å². The summed E-state index contributed by atoms with van der Waals surface area (Å²) in [7, 11) is 0. The lowest BCUT2D eigenvalue weighted by atomic mass is 9.77. The smallest absolute Gasteiger partial charge is 0.226 e. The number of carbonyl (C=O) groups excluding carboxylic acids is 1. The van der Waals surface area contributed by atoms with Crippen molar-refractivity contribution in [2.75, 3.05) is 30.3 Å². The number of hydrogen-bond acceptors (Lipinski definition) is 4. The number of amides is 1. The summed E-state index contributed by atoms with van der Waals surface area (Å²) in [5.74, 6) is -0.606. The van der Waals surface area contributed by atoms with Crippen LogP contribution >= 0.6 is 11.6 Å². The van der Waals surface area contributed by atoms with Crippen molar-refractivity contribution in [3.05, 3.63) is 17.0 Å². The van der Waals surface area contributed by atoms with Gasteiger partial charge in [0.15, 0.2) is 11.6 Å². The molecule has 2 aliphatic heterocycles. The van der Waals surface area contributed by atoms with Gasteiger partial charge in [-0.2, -0.15) is 0 Å². The Morgan fingerprint density at radius 3 is 2.70 bits per heavy atom. The highest BCUT2D eigenvalue weighted by Gasteiger charge is 2.44. The summed E-state index contributed by atoms with van der Waals surface area (Å²) in [5, 5.41) is 3.13. The van der Waals surface area contributed by atoms with Crippen molar-refractivity contribution in [2.45, 2.75) is 19.3 Å². The van der Waals surface area contributed by atoms with Gasteiger partial charge in [0.2, 0.25) is 5.91 Å². The second kappa shape index (κ2) is 4.77. The number of piperidine rings is 1. The van der Waals surface area contributed by atoms with E-state index in [1.54, 1.807) is 0 Å². The van der Waals surface area contributed by atoms with E-state index in [0.29, 0.717) is 31.6 Å². The van der Waals surface area contributed by atoms with Crippen LogP contribution in [-0.4, -0.2) is 30.5 Å². The van der Waals surface area contributed by atoms with Crippen LogP contribution < -0.4 is 16.0 Å². The van der Waals surface area contributed by atoms with E-state index in [1.165, 1.54) is 6.20 Å². The molecule has 2 saturated heterocycles. The molecule has 0 saturated carbocycles. The van der Waals surface area contributed by atoms with Crippen molar-refractivity contribution in [3.63, 3.8) is 0 Å². The van der Waals surface area contributed by atoms with Crippen molar-refractivity contribution >= 4 is 29.0 Å². The van der Waals surface area contributed by atoms with Gasteiger partial charge >= 0.3 is 0 Å². The van der Waals surface area contributed by atoms with Gasteiger partial charge in [-0.3, -0.25) is 4.79 Å². The normalized spacial score (nSPS) is 21.3. The number of nitrogen functional groups attached to an aromatic ring is 1. The molecule has 7 heteroatoms. The van der Waals surface area contributed by atoms with Crippen molar-refractivity contribution in [1.29, 1.82) is 0 Å². The van der Waals surface area contributed by atoms with Crippen LogP contribution in [-0.2, 0) is 4.79 Å². The summed E-state index contributed by atoms with van der Waals surface area (Å²) in [6.07, 6.45) is 3.63. The number of nitrogens with two attached hydrogens (primary N) is 1. The summed E-state index contributed by atoms with van der Waals surface area (Å²) < 4.78 is 14.1. The Balaban J connectivity index is 1.82. The molecule has 0 aliphatic carbocycles. The molecule has 1 spiro atoms. The van der Waals surface area contributed by atoms with Gasteiger partial charge in [-0.05, 0) is 19.3 Å². The molecule has 2 fully saturated rings. The zero-order valence-electron chi connectivity index (χ0n) is 11.0. The van der Waals surface area contributed by atoms with E-state index in [-0.39, 0.29) is 22.2 Å². The number of aromatic nitrogens is 1. The lowest BCUT2D eigenvalue weighted by Crippen LogP contribution is -2.44. The van der Waals surface area contributed by atoms with Crippen LogP contribution in [0, 0.1) is 11.2 Å². The van der Waals surface area contributed by atoms with Crippen molar-refractivity contribution in [3.8, 4) is 0 Å². The first-order valence-corrected chi connectivity index (χ1v) is 7.04. The van der Waals surface area contributed by atoms with Crippen LogP contribution in [0.4, 0.5) is 15.9 Å². The molecule has 2 aliphatic rings. The number of hydrogen-bond donors (Lipinski definition) is 2. The predicted octanol–water partition coefficient (Wildman–Crippen LogP) is 1.56. The molecule has 1 aromatic heterocycles. The van der Waals surface area contributed by atoms with E-state index in [1.807, 2.05) is 4.90 Å². The molecule has 0 bridgehead atoms. The average molecular weight is 299 g/mol. The van der Waals surface area contributed by atoms with E-state index in [4.69, 9.17) is 17.3 Å². The minimum atomic E-state index is -0.579. The second-order valence-corrected chi connectivity index (χ2v) is 5.83. The third-order valence-corrected chi connectivity index (χ3v) is 4.66. The van der Waals surface area contributed by atoms with E-state index in [0.717, 1.165) is 13.0 Å². The summed E-state index contributed by atoms with van der Waals surface area (Å²) in [6.45, 7) is 1.91. The summed E-state index contributed by atoms with van der Waals surface area (Å²) in [6, 6.07) is 0. The lowest BCUT2D eigenvalue weighted by Gasteiger charge is -2.38. The number of carbonyl (C=O) groups is 1. The van der Waals surface area contributed by atoms with Crippen LogP contribution in [0.15, 0.2) is 6.20 Å².